The average Bonchev–Trinajstić information content (AvgIpc) is 2.47. The number of para-hydroxylation sites is 1. The van der Waals surface area contributed by atoms with E-state index in [-0.39, 0.29) is 0 Å². The summed E-state index contributed by atoms with van der Waals surface area (Å²) < 4.78 is 5.72. The Bertz CT molecular complexity index is 396. The Kier molecular flexibility index (Phi) is 5.90. The highest BCUT2D eigenvalue weighted by Crippen LogP contribution is 2.29. The zero-order chi connectivity index (χ0) is 14.4. The minimum absolute atomic E-state index is 0.358. The predicted molar refractivity (Wildman–Crippen MR) is 85.2 cm³/mol. The van der Waals surface area contributed by atoms with Crippen LogP contribution in [0.3, 0.4) is 0 Å². The zero-order valence-corrected chi connectivity index (χ0v) is 13.2. The van der Waals surface area contributed by atoms with Crippen LogP contribution in [0.1, 0.15) is 58.1 Å². The monoisotopic (exact) mass is 275 g/mol. The van der Waals surface area contributed by atoms with Gasteiger partial charge in [-0.3, -0.25) is 0 Å². The van der Waals surface area contributed by atoms with Crippen LogP contribution < -0.4 is 10.1 Å². The first-order valence-corrected chi connectivity index (χ1v) is 8.15. The number of nitrogens with one attached hydrogen (secondary N) is 1. The van der Waals surface area contributed by atoms with Gasteiger partial charge in [-0.05, 0) is 51.1 Å². The van der Waals surface area contributed by atoms with Crippen LogP contribution in [0.4, 0.5) is 0 Å². The lowest BCUT2D eigenvalue weighted by Gasteiger charge is -2.28. The van der Waals surface area contributed by atoms with E-state index >= 15 is 0 Å². The summed E-state index contributed by atoms with van der Waals surface area (Å²) in [6, 6.07) is 8.74. The van der Waals surface area contributed by atoms with Crippen LogP contribution >= 0.6 is 0 Å². The number of hydrogen-bond donors (Lipinski definition) is 1. The van der Waals surface area contributed by atoms with Crippen molar-refractivity contribution in [1.29, 1.82) is 0 Å². The SMILES string of the molecule is CCOc1ccccc1C(C)NCC1CCC(C)CC1. The topological polar surface area (TPSA) is 21.3 Å². The minimum Gasteiger partial charge on any atom is -0.494 e. The lowest BCUT2D eigenvalue weighted by Crippen LogP contribution is -2.28. The maximum Gasteiger partial charge on any atom is 0.124 e. The summed E-state index contributed by atoms with van der Waals surface area (Å²) in [6.07, 6.45) is 5.56. The van der Waals surface area contributed by atoms with Gasteiger partial charge in [0.05, 0.1) is 6.61 Å². The zero-order valence-electron chi connectivity index (χ0n) is 13.2. The summed E-state index contributed by atoms with van der Waals surface area (Å²) in [5.41, 5.74) is 1.28. The largest absolute Gasteiger partial charge is 0.494 e. The van der Waals surface area contributed by atoms with E-state index in [0.717, 1.165) is 30.7 Å². The predicted octanol–water partition coefficient (Wildman–Crippen LogP) is 4.56. The lowest BCUT2D eigenvalue weighted by atomic mass is 9.83. The van der Waals surface area contributed by atoms with Gasteiger partial charge in [-0.15, -0.1) is 0 Å². The van der Waals surface area contributed by atoms with Gasteiger partial charge >= 0.3 is 0 Å². The van der Waals surface area contributed by atoms with Crippen molar-refractivity contribution in [2.45, 2.75) is 52.5 Å². The van der Waals surface area contributed by atoms with E-state index in [2.05, 4.69) is 37.4 Å². The van der Waals surface area contributed by atoms with Gasteiger partial charge in [0.2, 0.25) is 0 Å². The molecule has 0 amide bonds. The van der Waals surface area contributed by atoms with Crippen LogP contribution in [0.2, 0.25) is 0 Å². The first-order valence-electron chi connectivity index (χ1n) is 8.15. The highest BCUT2D eigenvalue weighted by atomic mass is 16.5. The fourth-order valence-electron chi connectivity index (χ4n) is 3.11. The molecule has 1 aliphatic rings. The van der Waals surface area contributed by atoms with Crippen LogP contribution in [0.15, 0.2) is 24.3 Å². The quantitative estimate of drug-likeness (QED) is 0.821. The molecule has 1 aliphatic carbocycles. The molecule has 1 fully saturated rings. The summed E-state index contributed by atoms with van der Waals surface area (Å²) in [5, 5.41) is 3.70. The van der Waals surface area contributed by atoms with Gasteiger partial charge in [0.15, 0.2) is 0 Å². The lowest BCUT2D eigenvalue weighted by molar-refractivity contribution is 0.274. The second-order valence-corrected chi connectivity index (χ2v) is 6.23. The molecule has 0 spiro atoms. The molecular weight excluding hydrogens is 246 g/mol. The third-order valence-electron chi connectivity index (χ3n) is 4.53. The normalized spacial score (nSPS) is 24.4. The van der Waals surface area contributed by atoms with Crippen LogP contribution in [0.25, 0.3) is 0 Å². The van der Waals surface area contributed by atoms with Crippen LogP contribution in [0.5, 0.6) is 5.75 Å². The van der Waals surface area contributed by atoms with Gasteiger partial charge in [0.25, 0.3) is 0 Å². The molecule has 2 nitrogen and oxygen atoms in total. The molecule has 0 saturated heterocycles. The Morgan fingerprint density at radius 2 is 1.90 bits per heavy atom. The Morgan fingerprint density at radius 3 is 2.60 bits per heavy atom. The van der Waals surface area contributed by atoms with Gasteiger partial charge in [-0.25, -0.2) is 0 Å². The summed E-state index contributed by atoms with van der Waals surface area (Å²) in [5.74, 6) is 2.81. The Balaban J connectivity index is 1.86. The van der Waals surface area contributed by atoms with E-state index in [1.807, 2.05) is 13.0 Å². The molecule has 1 atom stereocenters. The maximum atomic E-state index is 5.72. The number of benzene rings is 1. The molecule has 20 heavy (non-hydrogen) atoms. The molecular formula is C18H29NO. The highest BCUT2D eigenvalue weighted by molar-refractivity contribution is 5.35. The molecule has 0 bridgehead atoms. The maximum absolute atomic E-state index is 5.72. The second kappa shape index (κ2) is 7.68. The molecule has 1 aromatic carbocycles. The van der Waals surface area contributed by atoms with Gasteiger partial charge in [-0.1, -0.05) is 38.0 Å². The van der Waals surface area contributed by atoms with Crippen LogP contribution in [-0.4, -0.2) is 13.2 Å². The van der Waals surface area contributed by atoms with E-state index in [9.17, 15) is 0 Å². The molecule has 112 valence electrons. The third-order valence-corrected chi connectivity index (χ3v) is 4.53. The smallest absolute Gasteiger partial charge is 0.124 e. The minimum atomic E-state index is 0.358. The van der Waals surface area contributed by atoms with Crippen molar-refractivity contribution in [3.63, 3.8) is 0 Å². The molecule has 1 unspecified atom stereocenters. The molecule has 0 aliphatic heterocycles. The Hall–Kier alpha value is -1.02. The van der Waals surface area contributed by atoms with E-state index in [1.54, 1.807) is 0 Å². The Morgan fingerprint density at radius 1 is 1.20 bits per heavy atom. The third kappa shape index (κ3) is 4.24. The number of hydrogen-bond acceptors (Lipinski definition) is 2. The first-order chi connectivity index (χ1) is 9.70. The van der Waals surface area contributed by atoms with Gasteiger partial charge in [0.1, 0.15) is 5.75 Å². The van der Waals surface area contributed by atoms with Crippen LogP contribution in [0, 0.1) is 11.8 Å². The highest BCUT2D eigenvalue weighted by Gasteiger charge is 2.19. The van der Waals surface area contributed by atoms with E-state index in [0.29, 0.717) is 6.04 Å². The summed E-state index contributed by atoms with van der Waals surface area (Å²) in [4.78, 5) is 0. The molecule has 1 aromatic rings. The molecule has 0 aromatic heterocycles. The fourth-order valence-corrected chi connectivity index (χ4v) is 3.11. The first kappa shape index (κ1) is 15.4. The standard InChI is InChI=1S/C18H29NO/c1-4-20-18-8-6-5-7-17(18)15(3)19-13-16-11-9-14(2)10-12-16/h5-8,14-16,19H,4,9-13H2,1-3H3. The summed E-state index contributed by atoms with van der Waals surface area (Å²) >= 11 is 0. The molecule has 1 saturated carbocycles. The Labute approximate surface area is 123 Å². The molecule has 2 heteroatoms. The van der Waals surface area contributed by atoms with Gasteiger partial charge in [-0.2, -0.15) is 0 Å². The van der Waals surface area contributed by atoms with E-state index in [1.165, 1.54) is 31.2 Å². The summed E-state index contributed by atoms with van der Waals surface area (Å²) in [6.45, 7) is 8.52. The number of ether oxygens (including phenoxy) is 1. The average molecular weight is 275 g/mol. The van der Waals surface area contributed by atoms with Crippen molar-refractivity contribution in [2.75, 3.05) is 13.2 Å². The fraction of sp³-hybridized carbons (Fsp3) is 0.667. The van der Waals surface area contributed by atoms with Crippen molar-refractivity contribution in [3.05, 3.63) is 29.8 Å². The second-order valence-electron chi connectivity index (χ2n) is 6.23. The summed E-state index contributed by atoms with van der Waals surface area (Å²) in [7, 11) is 0. The van der Waals surface area contributed by atoms with Gasteiger partial charge in [0, 0.05) is 11.6 Å². The van der Waals surface area contributed by atoms with Crippen molar-refractivity contribution < 1.29 is 4.74 Å². The van der Waals surface area contributed by atoms with Crippen molar-refractivity contribution in [3.8, 4) is 5.75 Å². The molecule has 0 heterocycles. The van der Waals surface area contributed by atoms with Gasteiger partial charge < -0.3 is 10.1 Å². The molecule has 1 N–H and O–H groups in total. The van der Waals surface area contributed by atoms with E-state index in [4.69, 9.17) is 4.74 Å². The molecule has 2 rings (SSSR count). The van der Waals surface area contributed by atoms with Crippen molar-refractivity contribution >= 4 is 0 Å². The van der Waals surface area contributed by atoms with Crippen molar-refractivity contribution in [1.82, 2.24) is 5.32 Å². The molecule has 0 radical (unpaired) electrons. The van der Waals surface area contributed by atoms with E-state index < -0.39 is 0 Å². The van der Waals surface area contributed by atoms with Crippen molar-refractivity contribution in [2.24, 2.45) is 11.8 Å². The number of rotatable bonds is 6. The van der Waals surface area contributed by atoms with Crippen LogP contribution in [-0.2, 0) is 0 Å².